The lowest BCUT2D eigenvalue weighted by atomic mass is 9.95. The third-order valence-electron chi connectivity index (χ3n) is 2.85. The standard InChI is InChI=1S/C15H19N3O2/c1-10(19)12-9-17-14(15(2,3)4)18-13(12)16-8-11-6-5-7-20-11/h5-7,9H,8H2,1-4H3,(H,16,17,18). The molecule has 0 aliphatic heterocycles. The van der Waals surface area contributed by atoms with Crippen molar-refractivity contribution in [2.24, 2.45) is 0 Å². The Kier molecular flexibility index (Phi) is 3.88. The van der Waals surface area contributed by atoms with Gasteiger partial charge in [-0.25, -0.2) is 9.97 Å². The molecule has 1 N–H and O–H groups in total. The van der Waals surface area contributed by atoms with Gasteiger partial charge in [-0.05, 0) is 19.1 Å². The summed E-state index contributed by atoms with van der Waals surface area (Å²) in [7, 11) is 0. The number of nitrogens with zero attached hydrogens (tertiary/aromatic N) is 2. The molecule has 0 aromatic carbocycles. The minimum absolute atomic E-state index is 0.0626. The highest BCUT2D eigenvalue weighted by atomic mass is 16.3. The first-order chi connectivity index (χ1) is 9.38. The molecule has 0 aliphatic rings. The van der Waals surface area contributed by atoms with Gasteiger partial charge in [0.05, 0.1) is 18.4 Å². The predicted molar refractivity (Wildman–Crippen MR) is 76.8 cm³/mol. The maximum atomic E-state index is 11.6. The molecule has 0 unspecified atom stereocenters. The van der Waals surface area contributed by atoms with Crippen molar-refractivity contribution in [3.63, 3.8) is 0 Å². The second-order valence-electron chi connectivity index (χ2n) is 5.69. The monoisotopic (exact) mass is 273 g/mol. The normalized spacial score (nSPS) is 11.4. The second kappa shape index (κ2) is 5.45. The molecule has 2 aromatic heterocycles. The zero-order valence-electron chi connectivity index (χ0n) is 12.2. The lowest BCUT2D eigenvalue weighted by molar-refractivity contribution is 0.101. The Bertz CT molecular complexity index is 598. The van der Waals surface area contributed by atoms with Gasteiger partial charge in [-0.3, -0.25) is 4.79 Å². The van der Waals surface area contributed by atoms with E-state index in [9.17, 15) is 4.79 Å². The van der Waals surface area contributed by atoms with Crippen LogP contribution in [0.2, 0.25) is 0 Å². The molecule has 2 rings (SSSR count). The van der Waals surface area contributed by atoms with Crippen LogP contribution in [0.1, 0.15) is 49.6 Å². The van der Waals surface area contributed by atoms with E-state index < -0.39 is 0 Å². The highest BCUT2D eigenvalue weighted by Gasteiger charge is 2.20. The molecule has 2 aromatic rings. The number of hydrogen-bond acceptors (Lipinski definition) is 5. The quantitative estimate of drug-likeness (QED) is 0.866. The Morgan fingerprint density at radius 3 is 2.70 bits per heavy atom. The number of ketones is 1. The topological polar surface area (TPSA) is 68.0 Å². The number of aromatic nitrogens is 2. The number of furan rings is 1. The first-order valence-electron chi connectivity index (χ1n) is 6.52. The maximum Gasteiger partial charge on any atom is 0.165 e. The Labute approximate surface area is 118 Å². The fraction of sp³-hybridized carbons (Fsp3) is 0.400. The second-order valence-corrected chi connectivity index (χ2v) is 5.69. The molecule has 5 nitrogen and oxygen atoms in total. The van der Waals surface area contributed by atoms with E-state index in [1.807, 2.05) is 32.9 Å². The smallest absolute Gasteiger partial charge is 0.165 e. The number of hydrogen-bond donors (Lipinski definition) is 1. The van der Waals surface area contributed by atoms with Gasteiger partial charge < -0.3 is 9.73 Å². The van der Waals surface area contributed by atoms with Crippen LogP contribution < -0.4 is 5.32 Å². The predicted octanol–water partition coefficient (Wildman–Crippen LogP) is 3.18. The van der Waals surface area contributed by atoms with Crippen molar-refractivity contribution in [3.05, 3.63) is 41.7 Å². The molecule has 2 heterocycles. The van der Waals surface area contributed by atoms with Gasteiger partial charge >= 0.3 is 0 Å². The SMILES string of the molecule is CC(=O)c1cnc(C(C)(C)C)nc1NCc1ccco1. The van der Waals surface area contributed by atoms with Crippen molar-refractivity contribution < 1.29 is 9.21 Å². The number of anilines is 1. The first kappa shape index (κ1) is 14.2. The molecule has 0 saturated carbocycles. The van der Waals surface area contributed by atoms with Gasteiger partial charge in [-0.15, -0.1) is 0 Å². The van der Waals surface area contributed by atoms with E-state index in [0.29, 0.717) is 23.8 Å². The molecule has 0 atom stereocenters. The average Bonchev–Trinajstić information content (AvgIpc) is 2.87. The molecule has 0 bridgehead atoms. The lowest BCUT2D eigenvalue weighted by Crippen LogP contribution is -2.19. The number of rotatable bonds is 4. The lowest BCUT2D eigenvalue weighted by Gasteiger charge is -2.18. The van der Waals surface area contributed by atoms with Crippen LogP contribution in [0.3, 0.4) is 0 Å². The highest BCUT2D eigenvalue weighted by Crippen LogP contribution is 2.22. The van der Waals surface area contributed by atoms with Crippen LogP contribution in [-0.2, 0) is 12.0 Å². The summed E-state index contributed by atoms with van der Waals surface area (Å²) < 4.78 is 5.26. The fourth-order valence-electron chi connectivity index (χ4n) is 1.72. The van der Waals surface area contributed by atoms with Gasteiger partial charge in [0.2, 0.25) is 0 Å². The molecule has 0 radical (unpaired) electrons. The summed E-state index contributed by atoms with van der Waals surface area (Å²) in [5.41, 5.74) is 0.320. The van der Waals surface area contributed by atoms with Gasteiger partial charge in [0, 0.05) is 11.6 Å². The summed E-state index contributed by atoms with van der Waals surface area (Å²) in [6.45, 7) is 8.09. The van der Waals surface area contributed by atoms with Crippen molar-refractivity contribution >= 4 is 11.6 Å². The van der Waals surface area contributed by atoms with Crippen molar-refractivity contribution in [3.8, 4) is 0 Å². The summed E-state index contributed by atoms with van der Waals surface area (Å²) in [4.78, 5) is 20.4. The molecule has 0 spiro atoms. The molecule has 0 saturated heterocycles. The van der Waals surface area contributed by atoms with Gasteiger partial charge in [0.25, 0.3) is 0 Å². The largest absolute Gasteiger partial charge is 0.467 e. The first-order valence-corrected chi connectivity index (χ1v) is 6.52. The molecule has 5 heteroatoms. The van der Waals surface area contributed by atoms with Gasteiger partial charge in [0.1, 0.15) is 17.4 Å². The van der Waals surface area contributed by atoms with Crippen LogP contribution in [0.5, 0.6) is 0 Å². The van der Waals surface area contributed by atoms with E-state index in [0.717, 1.165) is 5.76 Å². The van der Waals surface area contributed by atoms with E-state index in [-0.39, 0.29) is 11.2 Å². The number of Topliss-reactive ketones (excluding diaryl/α,β-unsaturated/α-hetero) is 1. The Morgan fingerprint density at radius 1 is 1.40 bits per heavy atom. The third kappa shape index (κ3) is 3.23. The van der Waals surface area contributed by atoms with E-state index in [2.05, 4.69) is 15.3 Å². The number of carbonyl (C=O) groups excluding carboxylic acids is 1. The number of nitrogens with one attached hydrogen (secondary N) is 1. The minimum Gasteiger partial charge on any atom is -0.467 e. The van der Waals surface area contributed by atoms with Gasteiger partial charge in [-0.1, -0.05) is 20.8 Å². The molecule has 0 aliphatic carbocycles. The molecular formula is C15H19N3O2. The molecule has 0 amide bonds. The van der Waals surface area contributed by atoms with E-state index in [1.165, 1.54) is 6.92 Å². The zero-order valence-corrected chi connectivity index (χ0v) is 12.2. The van der Waals surface area contributed by atoms with Crippen LogP contribution >= 0.6 is 0 Å². The van der Waals surface area contributed by atoms with Crippen LogP contribution in [0.4, 0.5) is 5.82 Å². The van der Waals surface area contributed by atoms with Crippen LogP contribution in [0.15, 0.2) is 29.0 Å². The van der Waals surface area contributed by atoms with Crippen LogP contribution in [-0.4, -0.2) is 15.8 Å². The Morgan fingerprint density at radius 2 is 2.15 bits per heavy atom. The van der Waals surface area contributed by atoms with Crippen molar-refractivity contribution in [1.29, 1.82) is 0 Å². The molecule has 0 fully saturated rings. The fourth-order valence-corrected chi connectivity index (χ4v) is 1.72. The van der Waals surface area contributed by atoms with Gasteiger partial charge in [-0.2, -0.15) is 0 Å². The third-order valence-corrected chi connectivity index (χ3v) is 2.85. The molecule has 20 heavy (non-hydrogen) atoms. The number of carbonyl (C=O) groups is 1. The van der Waals surface area contributed by atoms with Crippen molar-refractivity contribution in [2.45, 2.75) is 39.7 Å². The zero-order chi connectivity index (χ0) is 14.8. The Balaban J connectivity index is 2.29. The summed E-state index contributed by atoms with van der Waals surface area (Å²) >= 11 is 0. The van der Waals surface area contributed by atoms with E-state index in [4.69, 9.17) is 4.42 Å². The Hall–Kier alpha value is -2.17. The molecular weight excluding hydrogens is 254 g/mol. The van der Waals surface area contributed by atoms with E-state index in [1.54, 1.807) is 12.5 Å². The van der Waals surface area contributed by atoms with Crippen LogP contribution in [0, 0.1) is 0 Å². The molecule has 106 valence electrons. The summed E-state index contributed by atoms with van der Waals surface area (Å²) in [6.07, 6.45) is 3.20. The van der Waals surface area contributed by atoms with E-state index >= 15 is 0 Å². The van der Waals surface area contributed by atoms with Crippen molar-refractivity contribution in [1.82, 2.24) is 9.97 Å². The minimum atomic E-state index is -0.170. The summed E-state index contributed by atoms with van der Waals surface area (Å²) in [6, 6.07) is 3.69. The summed E-state index contributed by atoms with van der Waals surface area (Å²) in [5, 5.41) is 3.14. The van der Waals surface area contributed by atoms with Crippen LogP contribution in [0.25, 0.3) is 0 Å². The van der Waals surface area contributed by atoms with Crippen molar-refractivity contribution in [2.75, 3.05) is 5.32 Å². The highest BCUT2D eigenvalue weighted by molar-refractivity contribution is 5.98. The maximum absolute atomic E-state index is 11.6. The van der Waals surface area contributed by atoms with Gasteiger partial charge in [0.15, 0.2) is 5.78 Å². The average molecular weight is 273 g/mol. The summed E-state index contributed by atoms with van der Waals surface area (Å²) in [5.74, 6) is 1.97.